The molecule has 3 aromatic rings. The second-order valence-corrected chi connectivity index (χ2v) is 5.68. The predicted molar refractivity (Wildman–Crippen MR) is 103 cm³/mol. The van der Waals surface area contributed by atoms with Gasteiger partial charge in [-0.15, -0.1) is 0 Å². The van der Waals surface area contributed by atoms with Crippen molar-refractivity contribution in [2.45, 2.75) is 13.3 Å². The Hall–Kier alpha value is -3.09. The van der Waals surface area contributed by atoms with Gasteiger partial charge in [0.25, 0.3) is 0 Å². The third-order valence-corrected chi connectivity index (χ3v) is 3.97. The smallest absolute Gasteiger partial charge is 0.169 e. The molecule has 0 atom stereocenters. The van der Waals surface area contributed by atoms with E-state index >= 15 is 0 Å². The molecule has 0 unspecified atom stereocenters. The van der Waals surface area contributed by atoms with Crippen molar-refractivity contribution in [3.63, 3.8) is 0 Å². The second-order valence-electron chi connectivity index (χ2n) is 5.68. The Labute approximate surface area is 152 Å². The van der Waals surface area contributed by atoms with Crippen molar-refractivity contribution in [2.75, 3.05) is 37.9 Å². The molecule has 7 nitrogen and oxygen atoms in total. The normalized spacial score (nSPS) is 10.6. The van der Waals surface area contributed by atoms with E-state index < -0.39 is 0 Å². The largest absolute Gasteiger partial charge is 0.493 e. The van der Waals surface area contributed by atoms with E-state index in [1.807, 2.05) is 31.2 Å². The average molecular weight is 353 g/mol. The highest BCUT2D eigenvalue weighted by Crippen LogP contribution is 2.32. The maximum Gasteiger partial charge on any atom is 0.169 e. The molecule has 0 aliphatic carbocycles. The number of rotatable bonds is 8. The molecule has 0 aliphatic heterocycles. The number of hydrogen-bond acceptors (Lipinski definition) is 7. The van der Waals surface area contributed by atoms with Crippen LogP contribution >= 0.6 is 0 Å². The van der Waals surface area contributed by atoms with E-state index in [9.17, 15) is 0 Å². The number of pyridine rings is 1. The molecule has 0 amide bonds. The predicted octanol–water partition coefficient (Wildman–Crippen LogP) is 3.13. The molecule has 0 spiro atoms. The monoisotopic (exact) mass is 353 g/mol. The summed E-state index contributed by atoms with van der Waals surface area (Å²) in [5, 5.41) is 6.64. The maximum atomic E-state index is 5.37. The molecular formula is C19H23N5O2. The van der Waals surface area contributed by atoms with Crippen LogP contribution in [0.1, 0.15) is 12.5 Å². The molecule has 1 aromatic carbocycles. The summed E-state index contributed by atoms with van der Waals surface area (Å²) in [5.74, 6) is 2.71. The SMILES string of the molecule is CCNc1nc2cc(OC)c(OC)cc2nc1NCCc1ccncc1. The summed E-state index contributed by atoms with van der Waals surface area (Å²) in [5.41, 5.74) is 2.71. The van der Waals surface area contributed by atoms with Gasteiger partial charge < -0.3 is 20.1 Å². The lowest BCUT2D eigenvalue weighted by molar-refractivity contribution is 0.355. The van der Waals surface area contributed by atoms with Gasteiger partial charge in [-0.25, -0.2) is 9.97 Å². The molecule has 0 fully saturated rings. The first-order valence-corrected chi connectivity index (χ1v) is 8.55. The zero-order valence-corrected chi connectivity index (χ0v) is 15.2. The molecule has 7 heteroatoms. The zero-order valence-electron chi connectivity index (χ0n) is 15.2. The summed E-state index contributed by atoms with van der Waals surface area (Å²) in [4.78, 5) is 13.5. The van der Waals surface area contributed by atoms with Gasteiger partial charge in [0, 0.05) is 37.6 Å². The highest BCUT2D eigenvalue weighted by atomic mass is 16.5. The van der Waals surface area contributed by atoms with E-state index in [4.69, 9.17) is 19.4 Å². The van der Waals surface area contributed by atoms with E-state index in [1.165, 1.54) is 5.56 Å². The fourth-order valence-corrected chi connectivity index (χ4v) is 2.67. The van der Waals surface area contributed by atoms with Crippen molar-refractivity contribution in [2.24, 2.45) is 0 Å². The number of benzene rings is 1. The van der Waals surface area contributed by atoms with Crippen LogP contribution in [0.5, 0.6) is 11.5 Å². The first-order chi connectivity index (χ1) is 12.7. The fraction of sp³-hybridized carbons (Fsp3) is 0.316. The van der Waals surface area contributed by atoms with E-state index in [-0.39, 0.29) is 0 Å². The topological polar surface area (TPSA) is 81.2 Å². The van der Waals surface area contributed by atoms with Crippen LogP contribution in [0.25, 0.3) is 11.0 Å². The van der Waals surface area contributed by atoms with Crippen molar-refractivity contribution in [3.8, 4) is 11.5 Å². The van der Waals surface area contributed by atoms with Crippen LogP contribution in [0.3, 0.4) is 0 Å². The highest BCUT2D eigenvalue weighted by Gasteiger charge is 2.12. The number of hydrogen-bond donors (Lipinski definition) is 2. The van der Waals surface area contributed by atoms with Crippen molar-refractivity contribution < 1.29 is 9.47 Å². The molecule has 0 aliphatic rings. The Balaban J connectivity index is 1.88. The third-order valence-electron chi connectivity index (χ3n) is 3.97. The first-order valence-electron chi connectivity index (χ1n) is 8.55. The second kappa shape index (κ2) is 8.33. The van der Waals surface area contributed by atoms with Crippen molar-refractivity contribution >= 4 is 22.7 Å². The molecule has 136 valence electrons. The summed E-state index contributed by atoms with van der Waals surface area (Å²) in [6.45, 7) is 3.53. The number of aromatic nitrogens is 3. The van der Waals surface area contributed by atoms with Crippen LogP contribution in [0.4, 0.5) is 11.6 Å². The lowest BCUT2D eigenvalue weighted by atomic mass is 10.2. The Bertz CT molecular complexity index is 871. The van der Waals surface area contributed by atoms with E-state index in [0.29, 0.717) is 11.5 Å². The van der Waals surface area contributed by atoms with Crippen molar-refractivity contribution in [3.05, 3.63) is 42.2 Å². The standard InChI is InChI=1S/C19H23N5O2/c1-4-21-18-19(22-10-7-13-5-8-20-9-6-13)24-15-12-17(26-3)16(25-2)11-14(15)23-18/h5-6,8-9,11-12H,4,7,10H2,1-3H3,(H,21,23)(H,22,24). The summed E-state index contributed by atoms with van der Waals surface area (Å²) in [6, 6.07) is 7.69. The quantitative estimate of drug-likeness (QED) is 0.644. The zero-order chi connectivity index (χ0) is 18.4. The van der Waals surface area contributed by atoms with Gasteiger partial charge in [-0.2, -0.15) is 0 Å². The number of nitrogens with zero attached hydrogens (tertiary/aromatic N) is 3. The summed E-state index contributed by atoms with van der Waals surface area (Å²) in [7, 11) is 3.22. The summed E-state index contributed by atoms with van der Waals surface area (Å²) in [6.07, 6.45) is 4.48. The number of ether oxygens (including phenoxy) is 2. The van der Waals surface area contributed by atoms with Crippen molar-refractivity contribution in [1.29, 1.82) is 0 Å². The Kier molecular flexibility index (Phi) is 5.68. The van der Waals surface area contributed by atoms with E-state index in [0.717, 1.165) is 42.2 Å². The van der Waals surface area contributed by atoms with Gasteiger partial charge in [0.2, 0.25) is 0 Å². The van der Waals surface area contributed by atoms with Crippen molar-refractivity contribution in [1.82, 2.24) is 15.0 Å². The number of methoxy groups -OCH3 is 2. The molecule has 3 rings (SSSR count). The van der Waals surface area contributed by atoms with E-state index in [1.54, 1.807) is 26.6 Å². The Morgan fingerprint density at radius 2 is 1.46 bits per heavy atom. The molecule has 26 heavy (non-hydrogen) atoms. The highest BCUT2D eigenvalue weighted by molar-refractivity contribution is 5.83. The van der Waals surface area contributed by atoms with Gasteiger partial charge >= 0.3 is 0 Å². The van der Waals surface area contributed by atoms with Crippen LogP contribution < -0.4 is 20.1 Å². The number of nitrogens with one attached hydrogen (secondary N) is 2. The van der Waals surface area contributed by atoms with Crippen LogP contribution in [0, 0.1) is 0 Å². The number of fused-ring (bicyclic) bond motifs is 1. The third kappa shape index (κ3) is 3.93. The first kappa shape index (κ1) is 17.7. The fourth-order valence-electron chi connectivity index (χ4n) is 2.67. The molecule has 0 saturated carbocycles. The molecule has 0 radical (unpaired) electrons. The Morgan fingerprint density at radius 1 is 0.885 bits per heavy atom. The molecule has 2 aromatic heterocycles. The average Bonchev–Trinajstić information content (AvgIpc) is 2.68. The molecule has 0 saturated heterocycles. The van der Waals surface area contributed by atoms with Gasteiger partial charge in [0.15, 0.2) is 23.1 Å². The van der Waals surface area contributed by atoms with Gasteiger partial charge in [-0.1, -0.05) is 0 Å². The van der Waals surface area contributed by atoms with E-state index in [2.05, 4.69) is 15.6 Å². The molecule has 0 bridgehead atoms. The van der Waals surface area contributed by atoms with Crippen LogP contribution in [0.2, 0.25) is 0 Å². The van der Waals surface area contributed by atoms with Crippen LogP contribution in [-0.2, 0) is 6.42 Å². The molecule has 2 heterocycles. The van der Waals surface area contributed by atoms with Gasteiger partial charge in [-0.3, -0.25) is 4.98 Å². The number of anilines is 2. The van der Waals surface area contributed by atoms with Gasteiger partial charge in [0.1, 0.15) is 0 Å². The maximum absolute atomic E-state index is 5.37. The minimum Gasteiger partial charge on any atom is -0.493 e. The van der Waals surface area contributed by atoms with Gasteiger partial charge in [-0.05, 0) is 31.0 Å². The molecule has 2 N–H and O–H groups in total. The molecular weight excluding hydrogens is 330 g/mol. The minimum absolute atomic E-state index is 0.633. The lowest BCUT2D eigenvalue weighted by Gasteiger charge is -2.14. The Morgan fingerprint density at radius 3 is 2.00 bits per heavy atom. The summed E-state index contributed by atoms with van der Waals surface area (Å²) >= 11 is 0. The van der Waals surface area contributed by atoms with Gasteiger partial charge in [0.05, 0.1) is 25.3 Å². The minimum atomic E-state index is 0.633. The lowest BCUT2D eigenvalue weighted by Crippen LogP contribution is -2.11. The van der Waals surface area contributed by atoms with Crippen LogP contribution in [-0.4, -0.2) is 42.3 Å². The summed E-state index contributed by atoms with van der Waals surface area (Å²) < 4.78 is 10.7. The van der Waals surface area contributed by atoms with Crippen LogP contribution in [0.15, 0.2) is 36.7 Å².